The lowest BCUT2D eigenvalue weighted by atomic mass is 9.96. The third-order valence-corrected chi connectivity index (χ3v) is 6.60. The van der Waals surface area contributed by atoms with Gasteiger partial charge in [-0.3, -0.25) is 4.79 Å². The molecule has 0 unspecified atom stereocenters. The number of amides is 1. The van der Waals surface area contributed by atoms with Crippen LogP contribution in [0.5, 0.6) is 0 Å². The van der Waals surface area contributed by atoms with Crippen LogP contribution in [-0.4, -0.2) is 56.9 Å². The van der Waals surface area contributed by atoms with Crippen LogP contribution in [0.2, 0.25) is 0 Å². The molecular formula is C25H27F3N4O5S. The maximum atomic E-state index is 12.7. The van der Waals surface area contributed by atoms with Crippen LogP contribution in [0.15, 0.2) is 48.5 Å². The van der Waals surface area contributed by atoms with Crippen LogP contribution >= 0.6 is 0 Å². The molecule has 2 aromatic carbocycles. The normalized spacial score (nSPS) is 17.3. The number of halogens is 3. The van der Waals surface area contributed by atoms with E-state index in [4.69, 9.17) is 0 Å². The summed E-state index contributed by atoms with van der Waals surface area (Å²) in [5, 5.41) is 13.0. The fraction of sp³-hybridized carbons (Fsp3) is 0.400. The third-order valence-electron chi connectivity index (χ3n) is 5.94. The van der Waals surface area contributed by atoms with Crippen LogP contribution in [-0.2, 0) is 31.0 Å². The Kier molecular flexibility index (Phi) is 9.48. The third kappa shape index (κ3) is 8.27. The van der Waals surface area contributed by atoms with Gasteiger partial charge >= 0.3 is 12.1 Å². The van der Waals surface area contributed by atoms with E-state index in [2.05, 4.69) is 20.9 Å². The molecule has 2 aromatic rings. The molecule has 1 amide bonds. The Balaban J connectivity index is 1.63. The topological polar surface area (TPSA) is 129 Å². The van der Waals surface area contributed by atoms with E-state index in [-0.39, 0.29) is 26.1 Å². The highest BCUT2D eigenvalue weighted by Gasteiger charge is 2.44. The van der Waals surface area contributed by atoms with Crippen molar-refractivity contribution < 1.29 is 36.0 Å². The lowest BCUT2D eigenvalue weighted by molar-refractivity contribution is -0.248. The Morgan fingerprint density at radius 3 is 2.50 bits per heavy atom. The largest absolute Gasteiger partial charge is 0.492 e. The Morgan fingerprint density at radius 1 is 1.16 bits per heavy atom. The second kappa shape index (κ2) is 12.4. The van der Waals surface area contributed by atoms with Gasteiger partial charge in [-0.25, -0.2) is 17.9 Å². The number of piperidine rings is 1. The number of sulfonamides is 1. The number of carbonyl (C=O) groups excluding carboxylic acids is 2. The van der Waals surface area contributed by atoms with Gasteiger partial charge in [-0.15, -0.1) is 5.06 Å². The fourth-order valence-corrected chi connectivity index (χ4v) is 4.41. The van der Waals surface area contributed by atoms with E-state index in [1.165, 1.54) is 0 Å². The van der Waals surface area contributed by atoms with E-state index in [1.54, 1.807) is 36.4 Å². The summed E-state index contributed by atoms with van der Waals surface area (Å²) in [6.45, 7) is 0.0578. The van der Waals surface area contributed by atoms with Gasteiger partial charge in [-0.1, -0.05) is 42.5 Å². The minimum Gasteiger partial charge on any atom is -0.360 e. The van der Waals surface area contributed by atoms with Crippen LogP contribution in [0.4, 0.5) is 13.2 Å². The van der Waals surface area contributed by atoms with E-state index < -0.39 is 40.0 Å². The maximum Gasteiger partial charge on any atom is 0.492 e. The average molecular weight is 553 g/mol. The standard InChI is InChI=1S/C25H27F3N4O5S/c1-38(35,36)31-15-17-5-4-6-20(13-17)18-8-10-19(11-9-18)21(14-29)16-30-23(33)22-7-2-3-12-32(22)37-24(34)25(26,27)28/h4-6,8-11,13,21-22,31H,2-3,7,12,15-16H2,1H3,(H,30,33)/t21-,22-/m0/s1. The average Bonchev–Trinajstić information content (AvgIpc) is 2.87. The first-order valence-corrected chi connectivity index (χ1v) is 13.6. The number of hydrogen-bond acceptors (Lipinski definition) is 7. The Hall–Kier alpha value is -3.47. The van der Waals surface area contributed by atoms with E-state index in [1.807, 2.05) is 12.1 Å². The van der Waals surface area contributed by atoms with Crippen LogP contribution in [0.25, 0.3) is 11.1 Å². The molecule has 3 rings (SSSR count). The Bertz CT molecular complexity index is 1290. The SMILES string of the molecule is CS(=O)(=O)NCc1cccc(-c2ccc([C@@H](C#N)CNC(=O)[C@@H]3CCCCN3OC(=O)C(F)(F)F)cc2)c1. The van der Waals surface area contributed by atoms with Crippen LogP contribution in [0, 0.1) is 11.3 Å². The zero-order valence-corrected chi connectivity index (χ0v) is 21.3. The molecule has 0 spiro atoms. The number of carbonyl (C=O) groups is 2. The first kappa shape index (κ1) is 29.1. The summed E-state index contributed by atoms with van der Waals surface area (Å²) in [5.41, 5.74) is 3.07. The van der Waals surface area contributed by atoms with E-state index in [0.717, 1.165) is 28.0 Å². The molecule has 0 saturated carbocycles. The predicted molar refractivity (Wildman–Crippen MR) is 131 cm³/mol. The number of nitriles is 1. The molecule has 0 aliphatic carbocycles. The van der Waals surface area contributed by atoms with Crippen molar-refractivity contribution in [2.75, 3.05) is 19.3 Å². The monoisotopic (exact) mass is 552 g/mol. The molecule has 1 heterocycles. The van der Waals surface area contributed by atoms with Gasteiger partial charge in [0.15, 0.2) is 0 Å². The summed E-state index contributed by atoms with van der Waals surface area (Å²) in [6, 6.07) is 15.4. The number of nitrogens with one attached hydrogen (secondary N) is 2. The van der Waals surface area contributed by atoms with Gasteiger partial charge < -0.3 is 10.2 Å². The summed E-state index contributed by atoms with van der Waals surface area (Å²) in [4.78, 5) is 28.3. The molecule has 2 atom stereocenters. The highest BCUT2D eigenvalue weighted by atomic mass is 32.2. The molecule has 1 aliphatic heterocycles. The van der Waals surface area contributed by atoms with Gasteiger partial charge in [0.2, 0.25) is 15.9 Å². The number of alkyl halides is 3. The van der Waals surface area contributed by atoms with Crippen molar-refractivity contribution in [1.82, 2.24) is 15.1 Å². The number of rotatable bonds is 9. The zero-order chi connectivity index (χ0) is 27.9. The number of hydroxylamine groups is 2. The minimum atomic E-state index is -5.18. The van der Waals surface area contributed by atoms with Gasteiger partial charge in [0.1, 0.15) is 6.04 Å². The molecule has 0 bridgehead atoms. The van der Waals surface area contributed by atoms with Crippen molar-refractivity contribution in [3.63, 3.8) is 0 Å². The molecule has 1 fully saturated rings. The predicted octanol–water partition coefficient (Wildman–Crippen LogP) is 3.00. The van der Waals surface area contributed by atoms with Gasteiger partial charge in [0, 0.05) is 19.6 Å². The lowest BCUT2D eigenvalue weighted by Gasteiger charge is -2.32. The van der Waals surface area contributed by atoms with Crippen molar-refractivity contribution in [2.45, 2.75) is 43.9 Å². The molecule has 38 heavy (non-hydrogen) atoms. The van der Waals surface area contributed by atoms with Gasteiger partial charge in [-0.2, -0.15) is 18.4 Å². The van der Waals surface area contributed by atoms with Gasteiger partial charge in [0.05, 0.1) is 18.2 Å². The summed E-state index contributed by atoms with van der Waals surface area (Å²) in [6.07, 6.45) is -2.84. The molecule has 1 aliphatic rings. The second-order valence-corrected chi connectivity index (χ2v) is 10.7. The first-order valence-electron chi connectivity index (χ1n) is 11.7. The highest BCUT2D eigenvalue weighted by Crippen LogP contribution is 2.25. The lowest BCUT2D eigenvalue weighted by Crippen LogP contribution is -2.51. The summed E-state index contributed by atoms with van der Waals surface area (Å²) < 4.78 is 62.9. The van der Waals surface area contributed by atoms with E-state index in [0.29, 0.717) is 18.4 Å². The minimum absolute atomic E-state index is 0.00539. The van der Waals surface area contributed by atoms with Gasteiger partial charge in [-0.05, 0) is 47.6 Å². The van der Waals surface area contributed by atoms with Gasteiger partial charge in [0.25, 0.3) is 0 Å². The zero-order valence-electron chi connectivity index (χ0n) is 20.5. The quantitative estimate of drug-likeness (QED) is 0.489. The van der Waals surface area contributed by atoms with Crippen molar-refractivity contribution in [3.05, 3.63) is 59.7 Å². The van der Waals surface area contributed by atoms with Crippen LogP contribution < -0.4 is 10.0 Å². The van der Waals surface area contributed by atoms with Crippen molar-refractivity contribution in [2.24, 2.45) is 0 Å². The summed E-state index contributed by atoms with van der Waals surface area (Å²) >= 11 is 0. The maximum absolute atomic E-state index is 12.7. The molecule has 13 heteroatoms. The Labute approximate surface area is 218 Å². The second-order valence-electron chi connectivity index (χ2n) is 8.87. The molecule has 9 nitrogen and oxygen atoms in total. The fourth-order valence-electron chi connectivity index (χ4n) is 3.98. The molecule has 1 saturated heterocycles. The van der Waals surface area contributed by atoms with Crippen molar-refractivity contribution >= 4 is 21.9 Å². The molecule has 0 aromatic heterocycles. The van der Waals surface area contributed by atoms with E-state index >= 15 is 0 Å². The number of benzene rings is 2. The molecule has 0 radical (unpaired) electrons. The number of hydrogen-bond donors (Lipinski definition) is 2. The smallest absolute Gasteiger partial charge is 0.360 e. The van der Waals surface area contributed by atoms with Crippen molar-refractivity contribution in [3.8, 4) is 17.2 Å². The molecule has 204 valence electrons. The van der Waals surface area contributed by atoms with Crippen molar-refractivity contribution in [1.29, 1.82) is 5.26 Å². The van der Waals surface area contributed by atoms with Crippen LogP contribution in [0.3, 0.4) is 0 Å². The Morgan fingerprint density at radius 2 is 1.87 bits per heavy atom. The molecule has 2 N–H and O–H groups in total. The summed E-state index contributed by atoms with van der Waals surface area (Å²) in [7, 11) is -3.33. The van der Waals surface area contributed by atoms with Crippen LogP contribution in [0.1, 0.15) is 36.3 Å². The summed E-state index contributed by atoms with van der Waals surface area (Å²) in [5.74, 6) is -3.74. The van der Waals surface area contributed by atoms with E-state index in [9.17, 15) is 36.4 Å². The number of nitrogens with zero attached hydrogens (tertiary/aromatic N) is 2. The first-order chi connectivity index (χ1) is 17.9. The molecular weight excluding hydrogens is 525 g/mol. The highest BCUT2D eigenvalue weighted by molar-refractivity contribution is 7.88.